The highest BCUT2D eigenvalue weighted by molar-refractivity contribution is 5.73. The average Bonchev–Trinajstić information content (AvgIpc) is 2.53. The van der Waals surface area contributed by atoms with Crippen LogP contribution in [-0.4, -0.2) is 24.7 Å². The molecule has 0 saturated carbocycles. The van der Waals surface area contributed by atoms with Crippen LogP contribution in [0.3, 0.4) is 0 Å². The van der Waals surface area contributed by atoms with Crippen LogP contribution in [0.15, 0.2) is 36.4 Å². The number of halogens is 3. The standard InChI is InChI=1S/C16H13F3O4/c17-16(18,19)23-13-3-1-10(9-20)7-12(13)11-2-4-14-15(8-11)22-6-5-21-14/h1-4,7-8,20H,5-6,9H2. The molecule has 1 heterocycles. The van der Waals surface area contributed by atoms with Crippen LogP contribution >= 0.6 is 0 Å². The number of alkyl halides is 3. The predicted molar refractivity (Wildman–Crippen MR) is 75.5 cm³/mol. The Bertz CT molecular complexity index is 713. The summed E-state index contributed by atoms with van der Waals surface area (Å²) in [6.45, 7) is 0.512. The lowest BCUT2D eigenvalue weighted by molar-refractivity contribution is -0.274. The van der Waals surface area contributed by atoms with Gasteiger partial charge in [0.1, 0.15) is 19.0 Å². The summed E-state index contributed by atoms with van der Waals surface area (Å²) in [4.78, 5) is 0. The van der Waals surface area contributed by atoms with E-state index in [1.165, 1.54) is 18.2 Å². The highest BCUT2D eigenvalue weighted by atomic mass is 19.4. The molecule has 7 heteroatoms. The Morgan fingerprint density at radius 2 is 1.74 bits per heavy atom. The Balaban J connectivity index is 2.06. The van der Waals surface area contributed by atoms with Crippen LogP contribution in [0.1, 0.15) is 5.56 Å². The molecule has 1 aliphatic rings. The van der Waals surface area contributed by atoms with E-state index >= 15 is 0 Å². The Kier molecular flexibility index (Phi) is 4.04. The zero-order valence-corrected chi connectivity index (χ0v) is 11.9. The molecule has 0 unspecified atom stereocenters. The largest absolute Gasteiger partial charge is 0.573 e. The minimum atomic E-state index is -4.80. The third kappa shape index (κ3) is 3.50. The van der Waals surface area contributed by atoms with Gasteiger partial charge in [-0.2, -0.15) is 0 Å². The normalized spacial score (nSPS) is 13.7. The lowest BCUT2D eigenvalue weighted by Crippen LogP contribution is -2.18. The second-order valence-electron chi connectivity index (χ2n) is 4.89. The van der Waals surface area contributed by atoms with Gasteiger partial charge in [0.25, 0.3) is 0 Å². The fraction of sp³-hybridized carbons (Fsp3) is 0.250. The second-order valence-corrected chi connectivity index (χ2v) is 4.89. The Morgan fingerprint density at radius 1 is 1.00 bits per heavy atom. The van der Waals surface area contributed by atoms with E-state index in [1.54, 1.807) is 18.2 Å². The molecule has 3 rings (SSSR count). The van der Waals surface area contributed by atoms with Crippen LogP contribution in [-0.2, 0) is 6.61 Å². The van der Waals surface area contributed by atoms with E-state index in [9.17, 15) is 18.3 Å². The molecule has 0 radical (unpaired) electrons. The lowest BCUT2D eigenvalue weighted by Gasteiger charge is -2.20. The van der Waals surface area contributed by atoms with Crippen molar-refractivity contribution in [3.8, 4) is 28.4 Å². The second kappa shape index (κ2) is 6.00. The van der Waals surface area contributed by atoms with Crippen molar-refractivity contribution in [2.24, 2.45) is 0 Å². The summed E-state index contributed by atoms with van der Waals surface area (Å²) in [6, 6.07) is 8.86. The van der Waals surface area contributed by atoms with Crippen molar-refractivity contribution in [1.82, 2.24) is 0 Å². The van der Waals surface area contributed by atoms with E-state index in [2.05, 4.69) is 4.74 Å². The number of aliphatic hydroxyl groups is 1. The van der Waals surface area contributed by atoms with E-state index in [0.717, 1.165) is 0 Å². The molecule has 0 atom stereocenters. The van der Waals surface area contributed by atoms with Gasteiger partial charge in [-0.25, -0.2) is 0 Å². The Morgan fingerprint density at radius 3 is 2.43 bits per heavy atom. The van der Waals surface area contributed by atoms with Gasteiger partial charge in [-0.15, -0.1) is 13.2 Å². The highest BCUT2D eigenvalue weighted by Gasteiger charge is 2.32. The Labute approximate surface area is 130 Å². The number of benzene rings is 2. The van der Waals surface area contributed by atoms with Crippen LogP contribution in [0, 0.1) is 0 Å². The van der Waals surface area contributed by atoms with Gasteiger partial charge in [0, 0.05) is 5.56 Å². The van der Waals surface area contributed by atoms with E-state index in [0.29, 0.717) is 35.8 Å². The number of aliphatic hydroxyl groups excluding tert-OH is 1. The van der Waals surface area contributed by atoms with Gasteiger partial charge in [0.15, 0.2) is 11.5 Å². The van der Waals surface area contributed by atoms with Crippen molar-refractivity contribution in [2.75, 3.05) is 13.2 Å². The maximum Gasteiger partial charge on any atom is 0.573 e. The van der Waals surface area contributed by atoms with Crippen LogP contribution in [0.4, 0.5) is 13.2 Å². The molecular formula is C16H13F3O4. The van der Waals surface area contributed by atoms with Crippen molar-refractivity contribution in [3.63, 3.8) is 0 Å². The first-order chi connectivity index (χ1) is 11.0. The zero-order valence-electron chi connectivity index (χ0n) is 11.9. The fourth-order valence-electron chi connectivity index (χ4n) is 2.33. The van der Waals surface area contributed by atoms with Crippen molar-refractivity contribution in [1.29, 1.82) is 0 Å². The number of rotatable bonds is 3. The van der Waals surface area contributed by atoms with Gasteiger partial charge < -0.3 is 19.3 Å². The highest BCUT2D eigenvalue weighted by Crippen LogP contribution is 2.39. The summed E-state index contributed by atoms with van der Waals surface area (Å²) < 4.78 is 52.6. The molecule has 0 aliphatic carbocycles. The summed E-state index contributed by atoms with van der Waals surface area (Å²) in [5, 5.41) is 9.22. The van der Waals surface area contributed by atoms with Gasteiger partial charge in [-0.05, 0) is 35.4 Å². The lowest BCUT2D eigenvalue weighted by atomic mass is 10.0. The third-order valence-corrected chi connectivity index (χ3v) is 3.31. The van der Waals surface area contributed by atoms with E-state index in [-0.39, 0.29) is 17.9 Å². The quantitative estimate of drug-likeness (QED) is 0.938. The van der Waals surface area contributed by atoms with Crippen molar-refractivity contribution < 1.29 is 32.5 Å². The number of hydrogen-bond acceptors (Lipinski definition) is 4. The summed E-state index contributed by atoms with van der Waals surface area (Å²) >= 11 is 0. The SMILES string of the molecule is OCc1ccc(OC(F)(F)F)c(-c2ccc3c(c2)OCCO3)c1. The molecule has 23 heavy (non-hydrogen) atoms. The van der Waals surface area contributed by atoms with Gasteiger partial charge >= 0.3 is 6.36 Å². The van der Waals surface area contributed by atoms with Crippen LogP contribution < -0.4 is 14.2 Å². The average molecular weight is 326 g/mol. The van der Waals surface area contributed by atoms with E-state index < -0.39 is 6.36 Å². The van der Waals surface area contributed by atoms with Crippen LogP contribution in [0.5, 0.6) is 17.2 Å². The number of ether oxygens (including phenoxy) is 3. The van der Waals surface area contributed by atoms with Gasteiger partial charge in [-0.1, -0.05) is 12.1 Å². The van der Waals surface area contributed by atoms with Crippen LogP contribution in [0.25, 0.3) is 11.1 Å². The number of fused-ring (bicyclic) bond motifs is 1. The molecule has 122 valence electrons. The molecule has 0 spiro atoms. The summed E-state index contributed by atoms with van der Waals surface area (Å²) in [7, 11) is 0. The maximum atomic E-state index is 12.6. The molecule has 1 aliphatic heterocycles. The summed E-state index contributed by atoms with van der Waals surface area (Å²) in [6.07, 6.45) is -4.80. The monoisotopic (exact) mass is 326 g/mol. The van der Waals surface area contributed by atoms with E-state index in [4.69, 9.17) is 9.47 Å². The molecule has 0 aromatic heterocycles. The molecule has 4 nitrogen and oxygen atoms in total. The fourth-order valence-corrected chi connectivity index (χ4v) is 2.33. The third-order valence-electron chi connectivity index (χ3n) is 3.31. The molecule has 1 N–H and O–H groups in total. The number of hydrogen-bond donors (Lipinski definition) is 1. The van der Waals surface area contributed by atoms with Gasteiger partial charge in [0.2, 0.25) is 0 Å². The maximum absolute atomic E-state index is 12.6. The molecule has 0 amide bonds. The van der Waals surface area contributed by atoms with E-state index in [1.807, 2.05) is 0 Å². The topological polar surface area (TPSA) is 47.9 Å². The van der Waals surface area contributed by atoms with Gasteiger partial charge in [0.05, 0.1) is 6.61 Å². The Hall–Kier alpha value is -2.41. The van der Waals surface area contributed by atoms with Crippen LogP contribution in [0.2, 0.25) is 0 Å². The predicted octanol–water partition coefficient (Wildman–Crippen LogP) is 3.52. The molecule has 0 saturated heterocycles. The minimum absolute atomic E-state index is 0.214. The minimum Gasteiger partial charge on any atom is -0.486 e. The molecule has 2 aromatic carbocycles. The molecule has 0 bridgehead atoms. The summed E-state index contributed by atoms with van der Waals surface area (Å²) in [5.41, 5.74) is 1.17. The first kappa shape index (κ1) is 15.5. The first-order valence-corrected chi connectivity index (χ1v) is 6.86. The van der Waals surface area contributed by atoms with Crippen molar-refractivity contribution >= 4 is 0 Å². The van der Waals surface area contributed by atoms with Gasteiger partial charge in [-0.3, -0.25) is 0 Å². The molecular weight excluding hydrogens is 313 g/mol. The zero-order chi connectivity index (χ0) is 16.4. The van der Waals surface area contributed by atoms with Crippen molar-refractivity contribution in [2.45, 2.75) is 13.0 Å². The first-order valence-electron chi connectivity index (χ1n) is 6.86. The summed E-state index contributed by atoms with van der Waals surface area (Å²) in [5.74, 6) is 0.657. The van der Waals surface area contributed by atoms with Crippen molar-refractivity contribution in [3.05, 3.63) is 42.0 Å². The molecule has 0 fully saturated rings. The molecule has 2 aromatic rings. The smallest absolute Gasteiger partial charge is 0.486 e.